The third kappa shape index (κ3) is 1.86. The van der Waals surface area contributed by atoms with Crippen LogP contribution in [0.4, 0.5) is 5.69 Å². The zero-order valence-electron chi connectivity index (χ0n) is 16.9. The highest BCUT2D eigenvalue weighted by Crippen LogP contribution is 2.62. The lowest BCUT2D eigenvalue weighted by atomic mass is 9.64. The lowest BCUT2D eigenvalue weighted by Gasteiger charge is -2.43. The van der Waals surface area contributed by atoms with Crippen LogP contribution in [0.2, 0.25) is 0 Å². The number of hydrogen-bond donors (Lipinski definition) is 1. The summed E-state index contributed by atoms with van der Waals surface area (Å²) in [6.07, 6.45) is 4.03. The van der Waals surface area contributed by atoms with Crippen molar-refractivity contribution < 1.29 is 19.4 Å². The van der Waals surface area contributed by atoms with Gasteiger partial charge in [-0.3, -0.25) is 4.79 Å². The molecule has 0 bridgehead atoms. The van der Waals surface area contributed by atoms with E-state index in [1.165, 1.54) is 11.6 Å². The topological polar surface area (TPSA) is 66.6 Å². The van der Waals surface area contributed by atoms with Gasteiger partial charge >= 0.3 is 5.97 Å². The van der Waals surface area contributed by atoms with E-state index in [1.807, 2.05) is 6.92 Å². The van der Waals surface area contributed by atoms with Crippen LogP contribution in [0.25, 0.3) is 0 Å². The predicted octanol–water partition coefficient (Wildman–Crippen LogP) is 2.71. The summed E-state index contributed by atoms with van der Waals surface area (Å²) in [6, 6.07) is 6.25. The average Bonchev–Trinajstić information content (AvgIpc) is 3.26. The van der Waals surface area contributed by atoms with Crippen LogP contribution in [-0.2, 0) is 14.3 Å². The molecule has 4 aliphatic rings. The molecule has 2 heterocycles. The van der Waals surface area contributed by atoms with Gasteiger partial charge in [-0.05, 0) is 63.3 Å². The molecular weight excluding hydrogens is 354 g/mol. The number of benzene rings is 1. The normalized spacial score (nSPS) is 43.8. The van der Waals surface area contributed by atoms with E-state index >= 15 is 0 Å². The third-order valence-corrected chi connectivity index (χ3v) is 8.05. The first kappa shape index (κ1) is 17.9. The number of aliphatic hydroxyl groups is 1. The number of ether oxygens (including phenoxy) is 1. The van der Waals surface area contributed by atoms with Gasteiger partial charge < -0.3 is 14.7 Å². The molecule has 5 rings (SSSR count). The van der Waals surface area contributed by atoms with E-state index in [9.17, 15) is 14.7 Å². The van der Waals surface area contributed by atoms with Gasteiger partial charge in [0.1, 0.15) is 11.7 Å². The van der Waals surface area contributed by atoms with Crippen molar-refractivity contribution >= 4 is 17.4 Å². The van der Waals surface area contributed by atoms with Crippen molar-refractivity contribution in [3.63, 3.8) is 0 Å². The highest BCUT2D eigenvalue weighted by atomic mass is 16.6. The minimum atomic E-state index is -1.27. The Bertz CT molecular complexity index is 939. The molecule has 1 aromatic carbocycles. The van der Waals surface area contributed by atoms with Crippen molar-refractivity contribution in [3.05, 3.63) is 41.5 Å². The van der Waals surface area contributed by atoms with Crippen molar-refractivity contribution in [1.29, 1.82) is 0 Å². The van der Waals surface area contributed by atoms with Gasteiger partial charge in [-0.15, -0.1) is 0 Å². The van der Waals surface area contributed by atoms with Gasteiger partial charge in [0.05, 0.1) is 12.0 Å². The number of aryl methyl sites for hydroxylation is 2. The lowest BCUT2D eigenvalue weighted by Crippen LogP contribution is -2.57. The number of carbonyl (C=O) groups excluding carboxylic acids is 2. The number of allylic oxidation sites excluding steroid dienone is 1. The van der Waals surface area contributed by atoms with Crippen molar-refractivity contribution in [2.24, 2.45) is 17.3 Å². The Morgan fingerprint density at radius 2 is 1.96 bits per heavy atom. The van der Waals surface area contributed by atoms with Gasteiger partial charge in [0.25, 0.3) is 0 Å². The van der Waals surface area contributed by atoms with Crippen LogP contribution in [0.5, 0.6) is 0 Å². The molecule has 5 nitrogen and oxygen atoms in total. The molecule has 148 valence electrons. The van der Waals surface area contributed by atoms with E-state index in [0.29, 0.717) is 6.54 Å². The standard InChI is InChI=1S/C23H27NO4/c1-13-5-8-17(14(2)11-13)24-12-22(24)16-7-6-15(3)23(27)10-9-18(25)21(23,4)19(16)28-20(22)26/h5,8-11,15-16,19,27H,6-7,12H2,1-4H3/t15-,16?,19?,21-,22?,23+,24?/m0/s1. The average molecular weight is 381 g/mol. The van der Waals surface area contributed by atoms with Crippen LogP contribution in [0, 0.1) is 31.1 Å². The van der Waals surface area contributed by atoms with Crippen molar-refractivity contribution in [2.75, 3.05) is 11.4 Å². The molecule has 1 spiro atoms. The monoisotopic (exact) mass is 381 g/mol. The van der Waals surface area contributed by atoms with Crippen molar-refractivity contribution in [3.8, 4) is 0 Å². The molecule has 3 fully saturated rings. The zero-order chi connectivity index (χ0) is 20.1. The number of rotatable bonds is 1. The maximum atomic E-state index is 13.1. The SMILES string of the molecule is Cc1ccc(N2CC23C(=O)OC2C3CC[C@H](C)[C@]3(O)C=CC(=O)[C@@]23C)c(C)c1. The Morgan fingerprint density at radius 3 is 2.68 bits per heavy atom. The van der Waals surface area contributed by atoms with Gasteiger partial charge in [-0.25, -0.2) is 4.79 Å². The minimum absolute atomic E-state index is 0.0742. The number of hydrogen-bond acceptors (Lipinski definition) is 5. The Hall–Kier alpha value is -2.14. The first-order valence-corrected chi connectivity index (χ1v) is 10.2. The fraction of sp³-hybridized carbons (Fsp3) is 0.565. The molecule has 0 radical (unpaired) electrons. The van der Waals surface area contributed by atoms with Crippen molar-refractivity contribution in [1.82, 2.24) is 0 Å². The van der Waals surface area contributed by atoms with E-state index in [4.69, 9.17) is 4.74 Å². The molecule has 1 N–H and O–H groups in total. The third-order valence-electron chi connectivity index (χ3n) is 8.05. The molecule has 28 heavy (non-hydrogen) atoms. The molecule has 6 atom stereocenters. The Labute approximate surface area is 165 Å². The van der Waals surface area contributed by atoms with Crippen LogP contribution in [0.3, 0.4) is 0 Å². The highest BCUT2D eigenvalue weighted by Gasteiger charge is 2.77. The van der Waals surface area contributed by atoms with Gasteiger partial charge in [-0.2, -0.15) is 0 Å². The lowest BCUT2D eigenvalue weighted by molar-refractivity contribution is -0.166. The van der Waals surface area contributed by atoms with Gasteiger partial charge in [0.15, 0.2) is 11.3 Å². The van der Waals surface area contributed by atoms with Gasteiger partial charge in [-0.1, -0.05) is 24.6 Å². The Balaban J connectivity index is 1.58. The number of esters is 1. The van der Waals surface area contributed by atoms with E-state index in [2.05, 4.69) is 36.9 Å². The summed E-state index contributed by atoms with van der Waals surface area (Å²) in [4.78, 5) is 28.2. The summed E-state index contributed by atoms with van der Waals surface area (Å²) in [5.41, 5.74) is 0.278. The maximum Gasteiger partial charge on any atom is 0.334 e. The molecule has 2 aliphatic heterocycles. The molecule has 2 saturated heterocycles. The minimum Gasteiger partial charge on any atom is -0.459 e. The largest absolute Gasteiger partial charge is 0.459 e. The second-order valence-corrected chi connectivity index (χ2v) is 9.44. The molecular formula is C23H27NO4. The second-order valence-electron chi connectivity index (χ2n) is 9.44. The first-order chi connectivity index (χ1) is 13.2. The first-order valence-electron chi connectivity index (χ1n) is 10.2. The quantitative estimate of drug-likeness (QED) is 0.598. The number of nitrogens with zero attached hydrogens (tertiary/aromatic N) is 1. The summed E-state index contributed by atoms with van der Waals surface area (Å²) in [5, 5.41) is 11.5. The molecule has 3 unspecified atom stereocenters. The predicted molar refractivity (Wildman–Crippen MR) is 105 cm³/mol. The smallest absolute Gasteiger partial charge is 0.334 e. The Morgan fingerprint density at radius 1 is 1.21 bits per heavy atom. The maximum absolute atomic E-state index is 13.1. The van der Waals surface area contributed by atoms with Crippen LogP contribution >= 0.6 is 0 Å². The number of ketones is 1. The molecule has 5 heteroatoms. The summed E-state index contributed by atoms with van der Waals surface area (Å²) < 4.78 is 5.94. The highest BCUT2D eigenvalue weighted by molar-refractivity contribution is 6.02. The number of anilines is 1. The summed E-state index contributed by atoms with van der Waals surface area (Å²) in [5.74, 6) is -0.566. The fourth-order valence-electron chi connectivity index (χ4n) is 6.16. The fourth-order valence-corrected chi connectivity index (χ4v) is 6.16. The second kappa shape index (κ2) is 5.26. The van der Waals surface area contributed by atoms with Crippen LogP contribution in [0.15, 0.2) is 30.4 Å². The Kier molecular flexibility index (Phi) is 3.37. The van der Waals surface area contributed by atoms with Crippen molar-refractivity contribution in [2.45, 2.75) is 57.8 Å². The molecule has 0 aromatic heterocycles. The number of carbonyl (C=O) groups is 2. The van der Waals surface area contributed by atoms with Crippen LogP contribution in [0.1, 0.15) is 37.8 Å². The molecule has 2 aliphatic carbocycles. The van der Waals surface area contributed by atoms with Crippen LogP contribution in [-0.4, -0.2) is 40.6 Å². The summed E-state index contributed by atoms with van der Waals surface area (Å²) in [7, 11) is 0. The summed E-state index contributed by atoms with van der Waals surface area (Å²) >= 11 is 0. The van der Waals surface area contributed by atoms with Gasteiger partial charge in [0.2, 0.25) is 0 Å². The van der Waals surface area contributed by atoms with E-state index < -0.39 is 22.7 Å². The molecule has 1 aromatic rings. The van der Waals surface area contributed by atoms with Crippen LogP contribution < -0.4 is 4.90 Å². The van der Waals surface area contributed by atoms with Gasteiger partial charge in [0, 0.05) is 11.6 Å². The number of fused-ring (bicyclic) bond motifs is 4. The zero-order valence-corrected chi connectivity index (χ0v) is 16.9. The van der Waals surface area contributed by atoms with E-state index in [-0.39, 0.29) is 23.6 Å². The molecule has 1 saturated carbocycles. The van der Waals surface area contributed by atoms with E-state index in [0.717, 1.165) is 24.1 Å². The summed E-state index contributed by atoms with van der Waals surface area (Å²) in [6.45, 7) is 8.51. The molecule has 0 amide bonds. The van der Waals surface area contributed by atoms with E-state index in [1.54, 1.807) is 13.0 Å².